The lowest BCUT2D eigenvalue weighted by Crippen LogP contribution is -1.94. The molecule has 0 amide bonds. The van der Waals surface area contributed by atoms with Gasteiger partial charge in [0.1, 0.15) is 0 Å². The summed E-state index contributed by atoms with van der Waals surface area (Å²) in [6, 6.07) is 50.6. The molecule has 0 radical (unpaired) electrons. The van der Waals surface area contributed by atoms with E-state index in [0.29, 0.717) is 0 Å². The van der Waals surface area contributed by atoms with Gasteiger partial charge in [0, 0.05) is 38.8 Å². The maximum absolute atomic E-state index is 5.29. The van der Waals surface area contributed by atoms with Crippen LogP contribution in [0.4, 0.5) is 0 Å². The molecule has 0 unspecified atom stereocenters. The average molecular weight is 619 g/mol. The predicted octanol–water partition coefficient (Wildman–Crippen LogP) is 11.1. The summed E-state index contributed by atoms with van der Waals surface area (Å²) in [6.45, 7) is 0. The molecule has 5 heteroatoms. The van der Waals surface area contributed by atoms with Crippen molar-refractivity contribution in [2.24, 2.45) is 0 Å². The molecule has 9 aromatic rings. The molecule has 0 bridgehead atoms. The van der Waals surface area contributed by atoms with Crippen LogP contribution in [-0.4, -0.2) is 19.9 Å². The highest BCUT2D eigenvalue weighted by molar-refractivity contribution is 7.26. The molecular formula is C42H26N4S. The van der Waals surface area contributed by atoms with Crippen molar-refractivity contribution in [3.8, 4) is 56.3 Å². The van der Waals surface area contributed by atoms with Crippen LogP contribution in [-0.2, 0) is 0 Å². The molecule has 5 aromatic heterocycles. The Hall–Kier alpha value is -6.04. The number of hydrogen-bond donors (Lipinski definition) is 0. The maximum atomic E-state index is 5.29. The topological polar surface area (TPSA) is 51.6 Å². The number of nitrogens with zero attached hydrogens (tertiary/aromatic N) is 4. The van der Waals surface area contributed by atoms with Gasteiger partial charge in [-0.15, -0.1) is 11.3 Å². The zero-order valence-electron chi connectivity index (χ0n) is 25.2. The summed E-state index contributed by atoms with van der Waals surface area (Å²) in [5.74, 6) is 0. The van der Waals surface area contributed by atoms with Crippen LogP contribution < -0.4 is 0 Å². The van der Waals surface area contributed by atoms with E-state index in [1.54, 1.807) is 12.4 Å². The number of fused-ring (bicyclic) bond motifs is 5. The Balaban J connectivity index is 1.21. The van der Waals surface area contributed by atoms with Gasteiger partial charge >= 0.3 is 0 Å². The molecule has 220 valence electrons. The highest BCUT2D eigenvalue weighted by atomic mass is 32.1. The van der Waals surface area contributed by atoms with Gasteiger partial charge in [-0.3, -0.25) is 9.97 Å². The summed E-state index contributed by atoms with van der Waals surface area (Å²) in [5, 5.41) is 3.72. The fourth-order valence-electron chi connectivity index (χ4n) is 6.39. The van der Waals surface area contributed by atoms with Gasteiger partial charge in [-0.1, -0.05) is 97.1 Å². The molecule has 0 saturated heterocycles. The molecular weight excluding hydrogens is 593 g/mol. The standard InChI is InChI=1S/C42H26N4S/c1-2-11-29(12-3-1)41-42-40(32-13-4-5-18-38(32)47-42)39-31(14-10-17-35(39)46-41)28-21-19-27(20-22-28)30-25-36(33-15-6-8-23-43-33)45-37(26-30)34-16-7-9-24-44-34/h1-26H. The van der Waals surface area contributed by atoms with Crippen molar-refractivity contribution in [2.45, 2.75) is 0 Å². The Morgan fingerprint density at radius 3 is 1.79 bits per heavy atom. The Labute approximate surface area is 275 Å². The zero-order chi connectivity index (χ0) is 31.2. The minimum Gasteiger partial charge on any atom is -0.255 e. The second-order valence-corrected chi connectivity index (χ2v) is 12.5. The fraction of sp³-hybridized carbons (Fsp3) is 0. The number of hydrogen-bond acceptors (Lipinski definition) is 5. The van der Waals surface area contributed by atoms with Gasteiger partial charge < -0.3 is 0 Å². The number of thiophene rings is 1. The van der Waals surface area contributed by atoms with Crippen molar-refractivity contribution >= 4 is 42.4 Å². The minimum absolute atomic E-state index is 0.814. The van der Waals surface area contributed by atoms with Crippen molar-refractivity contribution in [3.05, 3.63) is 158 Å². The molecule has 0 atom stereocenters. The van der Waals surface area contributed by atoms with Crippen LogP contribution in [0.3, 0.4) is 0 Å². The lowest BCUT2D eigenvalue weighted by atomic mass is 9.94. The first-order valence-corrected chi connectivity index (χ1v) is 16.4. The van der Waals surface area contributed by atoms with Crippen molar-refractivity contribution in [1.29, 1.82) is 0 Å². The summed E-state index contributed by atoms with van der Waals surface area (Å²) in [5.41, 5.74) is 10.9. The van der Waals surface area contributed by atoms with Crippen LogP contribution >= 0.6 is 11.3 Å². The van der Waals surface area contributed by atoms with E-state index in [1.807, 2.05) is 47.7 Å². The summed E-state index contributed by atoms with van der Waals surface area (Å²) in [7, 11) is 0. The predicted molar refractivity (Wildman–Crippen MR) is 195 cm³/mol. The van der Waals surface area contributed by atoms with Gasteiger partial charge in [-0.05, 0) is 70.8 Å². The van der Waals surface area contributed by atoms with E-state index in [9.17, 15) is 0 Å². The van der Waals surface area contributed by atoms with E-state index in [0.717, 1.165) is 56.2 Å². The fourth-order valence-corrected chi connectivity index (χ4v) is 7.61. The number of aromatic nitrogens is 4. The molecule has 0 saturated carbocycles. The monoisotopic (exact) mass is 618 g/mol. The van der Waals surface area contributed by atoms with Crippen molar-refractivity contribution < 1.29 is 0 Å². The Bertz CT molecular complexity index is 2490. The van der Waals surface area contributed by atoms with E-state index in [2.05, 4.69) is 119 Å². The zero-order valence-corrected chi connectivity index (χ0v) is 26.0. The van der Waals surface area contributed by atoms with Crippen molar-refractivity contribution in [2.75, 3.05) is 0 Å². The van der Waals surface area contributed by atoms with Crippen LogP contribution in [0, 0.1) is 0 Å². The van der Waals surface area contributed by atoms with Gasteiger partial charge in [0.15, 0.2) is 0 Å². The van der Waals surface area contributed by atoms with Crippen LogP contribution in [0.15, 0.2) is 158 Å². The lowest BCUT2D eigenvalue weighted by molar-refractivity contribution is 1.22. The third-order valence-corrected chi connectivity index (χ3v) is 9.77. The maximum Gasteiger partial charge on any atom is 0.0900 e. The van der Waals surface area contributed by atoms with Crippen LogP contribution in [0.2, 0.25) is 0 Å². The first-order chi connectivity index (χ1) is 23.3. The summed E-state index contributed by atoms with van der Waals surface area (Å²) >= 11 is 1.82. The van der Waals surface area contributed by atoms with Crippen molar-refractivity contribution in [3.63, 3.8) is 0 Å². The van der Waals surface area contributed by atoms with Gasteiger partial charge in [0.05, 0.1) is 38.7 Å². The SMILES string of the molecule is c1ccc(-c2nc3cccc(-c4ccc(-c5cc(-c6ccccn6)nc(-c6ccccn6)c5)cc4)c3c3c2sc2ccccc23)cc1. The quantitative estimate of drug-likeness (QED) is 0.193. The van der Waals surface area contributed by atoms with Crippen LogP contribution in [0.5, 0.6) is 0 Å². The molecule has 4 aromatic carbocycles. The van der Waals surface area contributed by atoms with Gasteiger partial charge in [0.2, 0.25) is 0 Å². The third-order valence-electron chi connectivity index (χ3n) is 8.59. The molecule has 5 heterocycles. The third kappa shape index (κ3) is 4.85. The molecule has 0 aliphatic carbocycles. The normalized spacial score (nSPS) is 11.4. The average Bonchev–Trinajstić information content (AvgIpc) is 3.55. The largest absolute Gasteiger partial charge is 0.255 e. The Morgan fingerprint density at radius 2 is 1.09 bits per heavy atom. The Kier molecular flexibility index (Phi) is 6.61. The van der Waals surface area contributed by atoms with E-state index in [-0.39, 0.29) is 0 Å². The molecule has 4 nitrogen and oxygen atoms in total. The van der Waals surface area contributed by atoms with Crippen LogP contribution in [0.25, 0.3) is 87.4 Å². The molecule has 0 spiro atoms. The summed E-state index contributed by atoms with van der Waals surface area (Å²) in [4.78, 5) is 19.4. The molecule has 0 N–H and O–H groups in total. The highest BCUT2D eigenvalue weighted by Gasteiger charge is 2.19. The molecule has 9 rings (SSSR count). The second-order valence-electron chi connectivity index (χ2n) is 11.5. The second kappa shape index (κ2) is 11.4. The van der Waals surface area contributed by atoms with E-state index in [1.165, 1.54) is 31.1 Å². The first-order valence-electron chi connectivity index (χ1n) is 15.6. The minimum atomic E-state index is 0.814. The highest BCUT2D eigenvalue weighted by Crippen LogP contribution is 2.45. The lowest BCUT2D eigenvalue weighted by Gasteiger charge is -2.13. The number of rotatable bonds is 5. The Morgan fingerprint density at radius 1 is 0.426 bits per heavy atom. The van der Waals surface area contributed by atoms with Gasteiger partial charge in [-0.2, -0.15) is 0 Å². The number of benzene rings is 4. The summed E-state index contributed by atoms with van der Waals surface area (Å²) in [6.07, 6.45) is 3.60. The van der Waals surface area contributed by atoms with E-state index in [4.69, 9.17) is 9.97 Å². The molecule has 0 aliphatic rings. The summed E-state index contributed by atoms with van der Waals surface area (Å²) < 4.78 is 2.49. The van der Waals surface area contributed by atoms with Crippen LogP contribution in [0.1, 0.15) is 0 Å². The van der Waals surface area contributed by atoms with Gasteiger partial charge in [-0.25, -0.2) is 9.97 Å². The van der Waals surface area contributed by atoms with Crippen molar-refractivity contribution in [1.82, 2.24) is 19.9 Å². The first kappa shape index (κ1) is 27.3. The molecule has 47 heavy (non-hydrogen) atoms. The van der Waals surface area contributed by atoms with E-state index < -0.39 is 0 Å². The van der Waals surface area contributed by atoms with E-state index >= 15 is 0 Å². The smallest absolute Gasteiger partial charge is 0.0900 e. The van der Waals surface area contributed by atoms with Gasteiger partial charge in [0.25, 0.3) is 0 Å². The number of pyridine rings is 4. The molecule has 0 fully saturated rings. The molecule has 0 aliphatic heterocycles.